The smallest absolute Gasteiger partial charge is 0.302 e. The third-order valence-corrected chi connectivity index (χ3v) is 5.46. The minimum atomic E-state index is -0.413. The normalized spacial score (nSPS) is 10.4. The molecule has 0 aromatic heterocycles. The first-order chi connectivity index (χ1) is 9.79. The van der Waals surface area contributed by atoms with Crippen LogP contribution in [0.4, 0.5) is 0 Å². The van der Waals surface area contributed by atoms with Crippen molar-refractivity contribution < 1.29 is 24.2 Å². The van der Waals surface area contributed by atoms with Gasteiger partial charge in [0.1, 0.15) is 13.2 Å². The second-order valence-electron chi connectivity index (χ2n) is 4.10. The van der Waals surface area contributed by atoms with E-state index in [4.69, 9.17) is 9.47 Å². The Labute approximate surface area is 147 Å². The lowest BCUT2D eigenvalue weighted by molar-refractivity contribution is -0.143. The number of carbonyl (C=O) groups is 2. The van der Waals surface area contributed by atoms with Crippen LogP contribution in [-0.2, 0) is 38.9 Å². The Morgan fingerprint density at radius 2 is 1.19 bits per heavy atom. The number of aliphatic hydroxyl groups is 1. The molecule has 0 heterocycles. The van der Waals surface area contributed by atoms with Crippen LogP contribution in [0, 0.1) is 0 Å². The molecule has 1 N–H and O–H groups in total. The van der Waals surface area contributed by atoms with Crippen LogP contribution in [0.3, 0.4) is 0 Å². The molecule has 0 aliphatic heterocycles. The van der Waals surface area contributed by atoms with Gasteiger partial charge in [-0.2, -0.15) is 0 Å². The topological polar surface area (TPSA) is 72.8 Å². The highest BCUT2D eigenvalue weighted by atomic mass is 79.9. The second-order valence-corrected chi connectivity index (χ2v) is 6.48. The molecule has 0 spiro atoms. The summed E-state index contributed by atoms with van der Waals surface area (Å²) in [5, 5.41) is 9.50. The van der Waals surface area contributed by atoms with E-state index in [0.29, 0.717) is 30.1 Å². The first-order valence-corrected chi connectivity index (χ1v) is 8.22. The van der Waals surface area contributed by atoms with Crippen LogP contribution in [0.2, 0.25) is 0 Å². The Morgan fingerprint density at radius 1 is 0.857 bits per heavy atom. The molecule has 116 valence electrons. The molecule has 8 heteroatoms. The molecule has 0 atom stereocenters. The second kappa shape index (κ2) is 8.26. The highest BCUT2D eigenvalue weighted by Gasteiger charge is 2.21. The Bertz CT molecular complexity index is 526. The summed E-state index contributed by atoms with van der Waals surface area (Å²) in [5.74, 6) is -0.826. The van der Waals surface area contributed by atoms with Crippen molar-refractivity contribution in [1.29, 1.82) is 0 Å². The molecule has 0 bridgehead atoms. The van der Waals surface area contributed by atoms with Gasteiger partial charge < -0.3 is 14.6 Å². The van der Waals surface area contributed by atoms with E-state index in [1.54, 1.807) is 0 Å². The molecule has 1 aromatic carbocycles. The molecule has 1 aromatic rings. The maximum absolute atomic E-state index is 11.0. The highest BCUT2D eigenvalue weighted by molar-refractivity contribution is 9.11. The zero-order valence-electron chi connectivity index (χ0n) is 11.3. The van der Waals surface area contributed by atoms with Gasteiger partial charge in [-0.05, 0) is 47.8 Å². The van der Waals surface area contributed by atoms with Gasteiger partial charge >= 0.3 is 11.9 Å². The fraction of sp³-hybridized carbons (Fsp3) is 0.385. The van der Waals surface area contributed by atoms with Crippen molar-refractivity contribution in [2.75, 3.05) is 0 Å². The maximum Gasteiger partial charge on any atom is 0.302 e. The monoisotopic (exact) mass is 486 g/mol. The minimum Gasteiger partial charge on any atom is -0.461 e. The largest absolute Gasteiger partial charge is 0.461 e. The van der Waals surface area contributed by atoms with Gasteiger partial charge in [0, 0.05) is 44.0 Å². The molecule has 0 aliphatic rings. The van der Waals surface area contributed by atoms with Crippen molar-refractivity contribution in [2.24, 2.45) is 0 Å². The molecule has 0 saturated heterocycles. The Balaban J connectivity index is 3.31. The van der Waals surface area contributed by atoms with Crippen LogP contribution in [0.1, 0.15) is 30.5 Å². The zero-order valence-corrected chi connectivity index (χ0v) is 16.1. The van der Waals surface area contributed by atoms with Gasteiger partial charge in [0.2, 0.25) is 0 Å². The summed E-state index contributed by atoms with van der Waals surface area (Å²) >= 11 is 10.2. The molecular formula is C13H13Br3O5. The lowest BCUT2D eigenvalue weighted by atomic mass is 10.1. The fourth-order valence-corrected chi connectivity index (χ4v) is 4.27. The van der Waals surface area contributed by atoms with Gasteiger partial charge in [-0.1, -0.05) is 0 Å². The number of aliphatic hydroxyl groups excluding tert-OH is 1. The standard InChI is InChI=1S/C13H13Br3O5/c1-6(18)20-4-9-11(14)8(3-17)12(15)10(13(9)16)5-21-7(2)19/h17H,3-5H2,1-2H3. The summed E-state index contributed by atoms with van der Waals surface area (Å²) in [6.07, 6.45) is 0. The SMILES string of the molecule is CC(=O)OCc1c(Br)c(CO)c(Br)c(COC(C)=O)c1Br. The van der Waals surface area contributed by atoms with Gasteiger partial charge in [0.15, 0.2) is 0 Å². The Hall–Kier alpha value is -0.440. The maximum atomic E-state index is 11.0. The molecule has 0 radical (unpaired) electrons. The van der Waals surface area contributed by atoms with Gasteiger partial charge in [0.25, 0.3) is 0 Å². The number of halogens is 3. The van der Waals surface area contributed by atoms with E-state index in [0.717, 1.165) is 0 Å². The van der Waals surface area contributed by atoms with E-state index in [2.05, 4.69) is 47.8 Å². The van der Waals surface area contributed by atoms with Crippen LogP contribution in [-0.4, -0.2) is 17.0 Å². The van der Waals surface area contributed by atoms with Crippen molar-refractivity contribution >= 4 is 59.7 Å². The molecule has 0 unspecified atom stereocenters. The number of hydrogen-bond donors (Lipinski definition) is 1. The first-order valence-electron chi connectivity index (χ1n) is 5.84. The van der Waals surface area contributed by atoms with Crippen LogP contribution in [0.5, 0.6) is 0 Å². The Morgan fingerprint density at radius 3 is 1.48 bits per heavy atom. The molecule has 5 nitrogen and oxygen atoms in total. The summed E-state index contributed by atoms with van der Waals surface area (Å²) in [5.41, 5.74) is 1.89. The van der Waals surface area contributed by atoms with Crippen LogP contribution < -0.4 is 0 Å². The quantitative estimate of drug-likeness (QED) is 0.641. The molecule has 0 aliphatic carbocycles. The average Bonchev–Trinajstić information content (AvgIpc) is 2.38. The number of carbonyl (C=O) groups excluding carboxylic acids is 2. The lowest BCUT2D eigenvalue weighted by Gasteiger charge is -2.18. The van der Waals surface area contributed by atoms with E-state index >= 15 is 0 Å². The molecule has 0 amide bonds. The minimum absolute atomic E-state index is 0.0316. The summed E-state index contributed by atoms with van der Waals surface area (Å²) in [7, 11) is 0. The first kappa shape index (κ1) is 18.6. The van der Waals surface area contributed by atoms with Crippen molar-refractivity contribution in [2.45, 2.75) is 33.7 Å². The summed E-state index contributed by atoms with van der Waals surface area (Å²) in [4.78, 5) is 22.0. The van der Waals surface area contributed by atoms with Crippen LogP contribution in [0.25, 0.3) is 0 Å². The summed E-state index contributed by atoms with van der Waals surface area (Å²) in [6.45, 7) is 2.46. The van der Waals surface area contributed by atoms with Gasteiger partial charge in [-0.15, -0.1) is 0 Å². The average molecular weight is 489 g/mol. The molecule has 21 heavy (non-hydrogen) atoms. The van der Waals surface area contributed by atoms with E-state index < -0.39 is 11.9 Å². The third kappa shape index (κ3) is 4.77. The van der Waals surface area contributed by atoms with Gasteiger partial charge in [0.05, 0.1) is 6.61 Å². The van der Waals surface area contributed by atoms with Crippen molar-refractivity contribution in [1.82, 2.24) is 0 Å². The van der Waals surface area contributed by atoms with Gasteiger partial charge in [-0.3, -0.25) is 9.59 Å². The fourth-order valence-electron chi connectivity index (χ4n) is 1.58. The van der Waals surface area contributed by atoms with Crippen LogP contribution in [0.15, 0.2) is 13.4 Å². The highest BCUT2D eigenvalue weighted by Crippen LogP contribution is 2.39. The molecule has 0 fully saturated rings. The van der Waals surface area contributed by atoms with E-state index in [-0.39, 0.29) is 19.8 Å². The molecule has 1 rings (SSSR count). The number of esters is 2. The number of benzene rings is 1. The van der Waals surface area contributed by atoms with Crippen molar-refractivity contribution in [3.8, 4) is 0 Å². The van der Waals surface area contributed by atoms with Crippen LogP contribution >= 0.6 is 47.8 Å². The zero-order chi connectivity index (χ0) is 16.2. The van der Waals surface area contributed by atoms with Gasteiger partial charge in [-0.25, -0.2) is 0 Å². The number of rotatable bonds is 5. The summed E-state index contributed by atoms with van der Waals surface area (Å²) in [6, 6.07) is 0. The van der Waals surface area contributed by atoms with E-state index in [1.807, 2.05) is 0 Å². The number of hydrogen-bond acceptors (Lipinski definition) is 5. The molecular weight excluding hydrogens is 476 g/mol. The van der Waals surface area contributed by atoms with E-state index in [1.165, 1.54) is 13.8 Å². The Kier molecular flexibility index (Phi) is 7.32. The predicted octanol–water partition coefficient (Wildman–Crippen LogP) is 3.59. The third-order valence-electron chi connectivity index (χ3n) is 2.59. The molecule has 0 saturated carbocycles. The predicted molar refractivity (Wildman–Crippen MR) is 86.4 cm³/mol. The van der Waals surface area contributed by atoms with E-state index in [9.17, 15) is 14.7 Å². The van der Waals surface area contributed by atoms with Crippen molar-refractivity contribution in [3.63, 3.8) is 0 Å². The number of ether oxygens (including phenoxy) is 2. The summed E-state index contributed by atoms with van der Waals surface area (Å²) < 4.78 is 11.9. The lowest BCUT2D eigenvalue weighted by Crippen LogP contribution is -2.08. The van der Waals surface area contributed by atoms with Crippen molar-refractivity contribution in [3.05, 3.63) is 30.1 Å².